The van der Waals surface area contributed by atoms with Crippen LogP contribution in [0.2, 0.25) is 0 Å². The molecule has 0 saturated carbocycles. The summed E-state index contributed by atoms with van der Waals surface area (Å²) in [6.07, 6.45) is 0. The minimum absolute atomic E-state index is 0.182. The Bertz CT molecular complexity index is 329. The van der Waals surface area contributed by atoms with Gasteiger partial charge in [-0.3, -0.25) is 4.90 Å². The van der Waals surface area contributed by atoms with Gasteiger partial charge in [0.2, 0.25) is 0 Å². The molecule has 2 rings (SSSR count). The van der Waals surface area contributed by atoms with Gasteiger partial charge in [0, 0.05) is 44.1 Å². The molecule has 4 heteroatoms. The van der Waals surface area contributed by atoms with Gasteiger partial charge < -0.3 is 10.6 Å². The molecule has 3 nitrogen and oxygen atoms in total. The third kappa shape index (κ3) is 4.05. The van der Waals surface area contributed by atoms with Crippen molar-refractivity contribution in [2.45, 2.75) is 19.9 Å². The maximum Gasteiger partial charge on any atom is 0.0519 e. The molecule has 1 atom stereocenters. The fourth-order valence-corrected chi connectivity index (χ4v) is 3.26. The second-order valence-electron chi connectivity index (χ2n) is 5.62. The van der Waals surface area contributed by atoms with Crippen LogP contribution in [0.25, 0.3) is 0 Å². The molecule has 0 spiro atoms. The van der Waals surface area contributed by atoms with Crippen LogP contribution in [0.15, 0.2) is 17.5 Å². The van der Waals surface area contributed by atoms with Crippen molar-refractivity contribution >= 4 is 11.3 Å². The normalized spacial score (nSPS) is 20.4. The van der Waals surface area contributed by atoms with Crippen molar-refractivity contribution in [3.63, 3.8) is 0 Å². The fourth-order valence-electron chi connectivity index (χ4n) is 2.54. The van der Waals surface area contributed by atoms with E-state index in [-0.39, 0.29) is 6.04 Å². The Morgan fingerprint density at radius 2 is 1.78 bits per heavy atom. The van der Waals surface area contributed by atoms with Gasteiger partial charge in [0.05, 0.1) is 6.04 Å². The van der Waals surface area contributed by atoms with Gasteiger partial charge in [-0.1, -0.05) is 19.9 Å². The molecule has 0 bridgehead atoms. The molecular formula is C14H25N3S. The maximum atomic E-state index is 6.24. The first-order chi connectivity index (χ1) is 8.65. The van der Waals surface area contributed by atoms with Crippen molar-refractivity contribution in [1.29, 1.82) is 0 Å². The van der Waals surface area contributed by atoms with E-state index < -0.39 is 0 Å². The molecule has 0 radical (unpaired) electrons. The number of rotatable bonds is 5. The van der Waals surface area contributed by atoms with Gasteiger partial charge in [0.25, 0.3) is 0 Å². The number of nitrogens with two attached hydrogens (primary N) is 1. The predicted octanol–water partition coefficient (Wildman–Crippen LogP) is 2.02. The zero-order valence-corrected chi connectivity index (χ0v) is 12.3. The Kier molecular flexibility index (Phi) is 5.18. The van der Waals surface area contributed by atoms with Crippen molar-refractivity contribution in [3.05, 3.63) is 22.4 Å². The lowest BCUT2D eigenvalue weighted by Crippen LogP contribution is -2.48. The number of nitrogens with zero attached hydrogens (tertiary/aromatic N) is 2. The molecule has 2 heterocycles. The quantitative estimate of drug-likeness (QED) is 0.886. The number of hydrogen-bond acceptors (Lipinski definition) is 4. The predicted molar refractivity (Wildman–Crippen MR) is 79.0 cm³/mol. The summed E-state index contributed by atoms with van der Waals surface area (Å²) in [6.45, 7) is 11.5. The topological polar surface area (TPSA) is 32.5 Å². The first-order valence-electron chi connectivity index (χ1n) is 6.89. The highest BCUT2D eigenvalue weighted by atomic mass is 32.1. The van der Waals surface area contributed by atoms with Gasteiger partial charge >= 0.3 is 0 Å². The first-order valence-corrected chi connectivity index (χ1v) is 7.77. The fraction of sp³-hybridized carbons (Fsp3) is 0.714. The molecule has 0 amide bonds. The number of piperazine rings is 1. The summed E-state index contributed by atoms with van der Waals surface area (Å²) in [7, 11) is 0. The monoisotopic (exact) mass is 267 g/mol. The van der Waals surface area contributed by atoms with Crippen LogP contribution >= 0.6 is 11.3 Å². The van der Waals surface area contributed by atoms with Gasteiger partial charge in [0.15, 0.2) is 0 Å². The van der Waals surface area contributed by atoms with Crippen molar-refractivity contribution in [1.82, 2.24) is 9.80 Å². The van der Waals surface area contributed by atoms with Crippen LogP contribution in [-0.4, -0.2) is 49.1 Å². The first kappa shape index (κ1) is 14.0. The summed E-state index contributed by atoms with van der Waals surface area (Å²) in [6, 6.07) is 4.41. The van der Waals surface area contributed by atoms with Crippen LogP contribution in [0.1, 0.15) is 24.8 Å². The minimum Gasteiger partial charge on any atom is -0.322 e. The van der Waals surface area contributed by atoms with Crippen molar-refractivity contribution in [2.75, 3.05) is 39.3 Å². The van der Waals surface area contributed by atoms with Crippen LogP contribution in [0.5, 0.6) is 0 Å². The molecule has 1 aromatic heterocycles. The molecule has 0 aliphatic carbocycles. The molecule has 18 heavy (non-hydrogen) atoms. The Balaban J connectivity index is 1.73. The lowest BCUT2D eigenvalue weighted by atomic mass is 10.1. The van der Waals surface area contributed by atoms with E-state index in [0.29, 0.717) is 0 Å². The summed E-state index contributed by atoms with van der Waals surface area (Å²) in [4.78, 5) is 6.37. The Hall–Kier alpha value is -0.420. The molecule has 1 aliphatic heterocycles. The van der Waals surface area contributed by atoms with E-state index in [4.69, 9.17) is 5.73 Å². The van der Waals surface area contributed by atoms with E-state index in [2.05, 4.69) is 41.2 Å². The highest BCUT2D eigenvalue weighted by Gasteiger charge is 2.19. The second kappa shape index (κ2) is 6.66. The molecular weight excluding hydrogens is 242 g/mol. The average molecular weight is 267 g/mol. The Labute approximate surface area is 115 Å². The van der Waals surface area contributed by atoms with Gasteiger partial charge in [-0.15, -0.1) is 11.3 Å². The van der Waals surface area contributed by atoms with Crippen LogP contribution in [0.4, 0.5) is 0 Å². The van der Waals surface area contributed by atoms with Gasteiger partial charge in [0.1, 0.15) is 0 Å². The Morgan fingerprint density at radius 3 is 2.28 bits per heavy atom. The summed E-state index contributed by atoms with van der Waals surface area (Å²) in [5.74, 6) is 0.768. The highest BCUT2D eigenvalue weighted by Crippen LogP contribution is 2.18. The van der Waals surface area contributed by atoms with E-state index in [1.165, 1.54) is 24.5 Å². The third-order valence-corrected chi connectivity index (χ3v) is 4.46. The molecule has 0 aromatic carbocycles. The molecule has 1 unspecified atom stereocenters. The summed E-state index contributed by atoms with van der Waals surface area (Å²) < 4.78 is 0. The largest absolute Gasteiger partial charge is 0.322 e. The van der Waals surface area contributed by atoms with Gasteiger partial charge in [-0.2, -0.15) is 0 Å². The van der Waals surface area contributed by atoms with Crippen molar-refractivity contribution in [2.24, 2.45) is 11.7 Å². The van der Waals surface area contributed by atoms with E-state index >= 15 is 0 Å². The standard InChI is InChI=1S/C14H25N3S/c1-12(2)10-16-5-7-17(8-6-16)11-13(15)14-4-3-9-18-14/h3-4,9,12-13H,5-8,10-11,15H2,1-2H3. The van der Waals surface area contributed by atoms with Gasteiger partial charge in [-0.25, -0.2) is 0 Å². The smallest absolute Gasteiger partial charge is 0.0519 e. The van der Waals surface area contributed by atoms with Crippen LogP contribution in [-0.2, 0) is 0 Å². The second-order valence-corrected chi connectivity index (χ2v) is 6.60. The molecule has 102 valence electrons. The molecule has 1 fully saturated rings. The summed E-state index contributed by atoms with van der Waals surface area (Å²) in [5.41, 5.74) is 6.24. The highest BCUT2D eigenvalue weighted by molar-refractivity contribution is 7.10. The van der Waals surface area contributed by atoms with Crippen LogP contribution in [0, 0.1) is 5.92 Å². The van der Waals surface area contributed by atoms with Crippen molar-refractivity contribution in [3.8, 4) is 0 Å². The van der Waals surface area contributed by atoms with Crippen LogP contribution < -0.4 is 5.73 Å². The minimum atomic E-state index is 0.182. The third-order valence-electron chi connectivity index (χ3n) is 3.45. The van der Waals surface area contributed by atoms with Crippen molar-refractivity contribution < 1.29 is 0 Å². The Morgan fingerprint density at radius 1 is 1.17 bits per heavy atom. The van der Waals surface area contributed by atoms with Gasteiger partial charge in [-0.05, 0) is 17.4 Å². The number of hydrogen-bond donors (Lipinski definition) is 1. The lowest BCUT2D eigenvalue weighted by molar-refractivity contribution is 0.118. The van der Waals surface area contributed by atoms with E-state index in [1.807, 2.05) is 0 Å². The summed E-state index contributed by atoms with van der Waals surface area (Å²) >= 11 is 1.77. The molecule has 2 N–H and O–H groups in total. The average Bonchev–Trinajstić information content (AvgIpc) is 2.84. The SMILES string of the molecule is CC(C)CN1CCN(CC(N)c2cccs2)CC1. The molecule has 1 aromatic rings. The van der Waals surface area contributed by atoms with E-state index in [1.54, 1.807) is 11.3 Å². The molecule has 1 saturated heterocycles. The zero-order chi connectivity index (χ0) is 13.0. The van der Waals surface area contributed by atoms with Crippen LogP contribution in [0.3, 0.4) is 0 Å². The zero-order valence-electron chi connectivity index (χ0n) is 11.5. The molecule has 1 aliphatic rings. The lowest BCUT2D eigenvalue weighted by Gasteiger charge is -2.36. The van der Waals surface area contributed by atoms with E-state index in [0.717, 1.165) is 25.6 Å². The maximum absolute atomic E-state index is 6.24. The number of thiophene rings is 1. The summed E-state index contributed by atoms with van der Waals surface area (Å²) in [5, 5.41) is 2.11. The van der Waals surface area contributed by atoms with E-state index in [9.17, 15) is 0 Å².